The molecule has 1 fully saturated rings. The van der Waals surface area contributed by atoms with E-state index < -0.39 is 11.7 Å². The van der Waals surface area contributed by atoms with E-state index in [1.807, 2.05) is 0 Å². The number of carbonyl (C=O) groups is 1. The number of hydrogen-bond acceptors (Lipinski definition) is 2. The van der Waals surface area contributed by atoms with Crippen molar-refractivity contribution in [2.75, 3.05) is 6.54 Å². The van der Waals surface area contributed by atoms with E-state index in [1.165, 1.54) is 12.1 Å². The van der Waals surface area contributed by atoms with Crippen LogP contribution in [-0.2, 0) is 17.4 Å². The summed E-state index contributed by atoms with van der Waals surface area (Å²) in [6.45, 7) is 0.547. The van der Waals surface area contributed by atoms with Crippen LogP contribution in [0.1, 0.15) is 30.4 Å². The van der Waals surface area contributed by atoms with Gasteiger partial charge in [-0.3, -0.25) is 4.79 Å². The first-order valence-corrected chi connectivity index (χ1v) is 7.05. The van der Waals surface area contributed by atoms with Crippen LogP contribution in [0, 0.1) is 5.92 Å². The maximum Gasteiger partial charge on any atom is 0.416 e. The number of rotatable bonds is 4. The Morgan fingerprint density at radius 1 is 1.24 bits per heavy atom. The smallest absolute Gasteiger partial charge is 0.353 e. The van der Waals surface area contributed by atoms with Crippen molar-refractivity contribution in [3.8, 4) is 0 Å². The second-order valence-electron chi connectivity index (χ2n) is 5.47. The van der Waals surface area contributed by atoms with E-state index in [0.29, 0.717) is 18.0 Å². The zero-order valence-electron chi connectivity index (χ0n) is 11.6. The maximum atomic E-state index is 12.4. The van der Waals surface area contributed by atoms with Gasteiger partial charge in [0.15, 0.2) is 0 Å². The average Bonchev–Trinajstić information content (AvgIpc) is 2.85. The van der Waals surface area contributed by atoms with E-state index in [-0.39, 0.29) is 18.4 Å². The molecule has 0 bridgehead atoms. The molecule has 0 aliphatic heterocycles. The van der Waals surface area contributed by atoms with Gasteiger partial charge >= 0.3 is 6.18 Å². The van der Waals surface area contributed by atoms with E-state index in [0.717, 1.165) is 31.4 Å². The molecule has 2 unspecified atom stereocenters. The summed E-state index contributed by atoms with van der Waals surface area (Å²) in [7, 11) is 0. The molecule has 0 aromatic heterocycles. The molecule has 1 aromatic carbocycles. The van der Waals surface area contributed by atoms with Crippen molar-refractivity contribution in [2.24, 2.45) is 11.7 Å². The normalized spacial score (nSPS) is 22.3. The Kier molecular flexibility index (Phi) is 4.88. The average molecular weight is 300 g/mol. The van der Waals surface area contributed by atoms with E-state index >= 15 is 0 Å². The van der Waals surface area contributed by atoms with Gasteiger partial charge in [-0.15, -0.1) is 0 Å². The Labute approximate surface area is 121 Å². The monoisotopic (exact) mass is 300 g/mol. The SMILES string of the molecule is NCC1CCCC1NC(=O)Cc1ccc(C(F)(F)F)cc1. The van der Waals surface area contributed by atoms with Crippen LogP contribution in [0.2, 0.25) is 0 Å². The lowest BCUT2D eigenvalue weighted by Gasteiger charge is -2.19. The lowest BCUT2D eigenvalue weighted by atomic mass is 10.0. The molecule has 2 rings (SSSR count). The zero-order valence-corrected chi connectivity index (χ0v) is 11.6. The number of alkyl halides is 3. The third-order valence-corrected chi connectivity index (χ3v) is 3.95. The van der Waals surface area contributed by atoms with Gasteiger partial charge in [0, 0.05) is 6.04 Å². The fraction of sp³-hybridized carbons (Fsp3) is 0.533. The summed E-state index contributed by atoms with van der Waals surface area (Å²) in [6.07, 6.45) is -1.28. The lowest BCUT2D eigenvalue weighted by Crippen LogP contribution is -2.40. The maximum absolute atomic E-state index is 12.4. The first-order chi connectivity index (χ1) is 9.90. The second-order valence-corrected chi connectivity index (χ2v) is 5.47. The molecule has 0 heterocycles. The number of nitrogens with two attached hydrogens (primary N) is 1. The van der Waals surface area contributed by atoms with Crippen LogP contribution in [0.3, 0.4) is 0 Å². The Morgan fingerprint density at radius 2 is 1.90 bits per heavy atom. The third kappa shape index (κ3) is 4.20. The molecule has 116 valence electrons. The summed E-state index contributed by atoms with van der Waals surface area (Å²) < 4.78 is 37.3. The third-order valence-electron chi connectivity index (χ3n) is 3.95. The molecule has 0 saturated heterocycles. The summed E-state index contributed by atoms with van der Waals surface area (Å²) in [5.41, 5.74) is 5.52. The van der Waals surface area contributed by atoms with Gasteiger partial charge < -0.3 is 11.1 Å². The van der Waals surface area contributed by atoms with Gasteiger partial charge in [-0.1, -0.05) is 18.6 Å². The van der Waals surface area contributed by atoms with Gasteiger partial charge in [-0.2, -0.15) is 13.2 Å². The van der Waals surface area contributed by atoms with E-state index in [1.54, 1.807) is 0 Å². The van der Waals surface area contributed by atoms with E-state index in [2.05, 4.69) is 5.32 Å². The van der Waals surface area contributed by atoms with Gasteiger partial charge in [0.1, 0.15) is 0 Å². The van der Waals surface area contributed by atoms with Gasteiger partial charge in [-0.25, -0.2) is 0 Å². The topological polar surface area (TPSA) is 55.1 Å². The first-order valence-electron chi connectivity index (χ1n) is 7.05. The summed E-state index contributed by atoms with van der Waals surface area (Å²) in [4.78, 5) is 11.9. The van der Waals surface area contributed by atoms with Crippen LogP contribution in [0.25, 0.3) is 0 Å². The Hall–Kier alpha value is -1.56. The Morgan fingerprint density at radius 3 is 2.48 bits per heavy atom. The van der Waals surface area contributed by atoms with Gasteiger partial charge in [0.25, 0.3) is 0 Å². The van der Waals surface area contributed by atoms with Gasteiger partial charge in [-0.05, 0) is 43.0 Å². The van der Waals surface area contributed by atoms with Crippen molar-refractivity contribution in [1.29, 1.82) is 0 Å². The number of hydrogen-bond donors (Lipinski definition) is 2. The van der Waals surface area contributed by atoms with E-state index in [9.17, 15) is 18.0 Å². The highest BCUT2D eigenvalue weighted by molar-refractivity contribution is 5.78. The number of nitrogens with one attached hydrogen (secondary N) is 1. The van der Waals surface area contributed by atoms with Crippen LogP contribution in [0.15, 0.2) is 24.3 Å². The molecule has 1 aliphatic rings. The van der Waals surface area contributed by atoms with Crippen molar-refractivity contribution < 1.29 is 18.0 Å². The second kappa shape index (κ2) is 6.47. The predicted molar refractivity (Wildman–Crippen MR) is 73.5 cm³/mol. The summed E-state index contributed by atoms with van der Waals surface area (Å²) in [5.74, 6) is 0.140. The molecule has 0 radical (unpaired) electrons. The van der Waals surface area contributed by atoms with Crippen molar-refractivity contribution in [3.05, 3.63) is 35.4 Å². The predicted octanol–water partition coefficient (Wildman–Crippen LogP) is 2.49. The summed E-state index contributed by atoms with van der Waals surface area (Å²) in [6, 6.07) is 4.79. The van der Waals surface area contributed by atoms with Crippen LogP contribution in [-0.4, -0.2) is 18.5 Å². The fourth-order valence-corrected chi connectivity index (χ4v) is 2.76. The highest BCUT2D eigenvalue weighted by atomic mass is 19.4. The quantitative estimate of drug-likeness (QED) is 0.897. The Bertz CT molecular complexity index is 485. The molecule has 3 N–H and O–H groups in total. The van der Waals surface area contributed by atoms with Crippen LogP contribution in [0.5, 0.6) is 0 Å². The minimum Gasteiger partial charge on any atom is -0.353 e. The van der Waals surface area contributed by atoms with Crippen molar-refractivity contribution in [1.82, 2.24) is 5.32 Å². The van der Waals surface area contributed by atoms with Crippen molar-refractivity contribution in [2.45, 2.75) is 37.9 Å². The molecule has 1 amide bonds. The highest BCUT2D eigenvalue weighted by Crippen LogP contribution is 2.29. The lowest BCUT2D eigenvalue weighted by molar-refractivity contribution is -0.137. The Balaban J connectivity index is 1.91. The molecule has 21 heavy (non-hydrogen) atoms. The standard InChI is InChI=1S/C15H19F3N2O/c16-15(17,18)12-6-4-10(5-7-12)8-14(21)20-13-3-1-2-11(13)9-19/h4-7,11,13H,1-3,8-9,19H2,(H,20,21). The molecule has 6 heteroatoms. The molecule has 1 aliphatic carbocycles. The summed E-state index contributed by atoms with van der Waals surface area (Å²) in [5, 5.41) is 2.93. The molecule has 1 aromatic rings. The number of carbonyl (C=O) groups excluding carboxylic acids is 1. The van der Waals surface area contributed by atoms with Gasteiger partial charge in [0.2, 0.25) is 5.91 Å². The fourth-order valence-electron chi connectivity index (χ4n) is 2.76. The van der Waals surface area contributed by atoms with Crippen LogP contribution in [0.4, 0.5) is 13.2 Å². The molecule has 3 nitrogen and oxygen atoms in total. The van der Waals surface area contributed by atoms with Crippen LogP contribution < -0.4 is 11.1 Å². The number of benzene rings is 1. The highest BCUT2D eigenvalue weighted by Gasteiger charge is 2.30. The largest absolute Gasteiger partial charge is 0.416 e. The van der Waals surface area contributed by atoms with Crippen molar-refractivity contribution >= 4 is 5.91 Å². The number of halogens is 3. The van der Waals surface area contributed by atoms with Crippen molar-refractivity contribution in [3.63, 3.8) is 0 Å². The zero-order chi connectivity index (χ0) is 15.5. The molecular formula is C15H19F3N2O. The summed E-state index contributed by atoms with van der Waals surface area (Å²) >= 11 is 0. The number of amides is 1. The minimum atomic E-state index is -4.35. The van der Waals surface area contributed by atoms with E-state index in [4.69, 9.17) is 5.73 Å². The molecule has 2 atom stereocenters. The first kappa shape index (κ1) is 15.8. The van der Waals surface area contributed by atoms with Gasteiger partial charge in [0.05, 0.1) is 12.0 Å². The molecule has 0 spiro atoms. The molecule has 1 saturated carbocycles. The minimum absolute atomic E-state index is 0.0892. The van der Waals surface area contributed by atoms with Crippen LogP contribution >= 0.6 is 0 Å². The molecular weight excluding hydrogens is 281 g/mol.